The molecular formula is C16H22BrClN2O2. The van der Waals surface area contributed by atoms with Gasteiger partial charge in [0.05, 0.1) is 11.6 Å². The van der Waals surface area contributed by atoms with E-state index in [-0.39, 0.29) is 18.3 Å². The SMILES string of the molecule is COc1ccc(C(=O)N2CCC3(CCNC3)CC2)cc1Br.Cl. The van der Waals surface area contributed by atoms with E-state index in [0.29, 0.717) is 5.41 Å². The number of piperidine rings is 1. The van der Waals surface area contributed by atoms with Gasteiger partial charge in [0.2, 0.25) is 0 Å². The Labute approximate surface area is 146 Å². The first-order valence-electron chi connectivity index (χ1n) is 7.47. The van der Waals surface area contributed by atoms with Crippen molar-refractivity contribution >= 4 is 34.2 Å². The van der Waals surface area contributed by atoms with E-state index in [0.717, 1.165) is 54.8 Å². The molecule has 0 atom stereocenters. The van der Waals surface area contributed by atoms with E-state index < -0.39 is 0 Å². The van der Waals surface area contributed by atoms with Crippen molar-refractivity contribution in [3.05, 3.63) is 28.2 Å². The largest absolute Gasteiger partial charge is 0.496 e. The molecule has 6 heteroatoms. The molecule has 3 rings (SSSR count). The van der Waals surface area contributed by atoms with E-state index in [9.17, 15) is 4.79 Å². The summed E-state index contributed by atoms with van der Waals surface area (Å²) in [5.41, 5.74) is 1.17. The topological polar surface area (TPSA) is 41.6 Å². The van der Waals surface area contributed by atoms with Crippen molar-refractivity contribution in [2.24, 2.45) is 5.41 Å². The Morgan fingerprint density at radius 1 is 1.32 bits per heavy atom. The Morgan fingerprint density at radius 2 is 2.05 bits per heavy atom. The molecule has 0 aromatic heterocycles. The quantitative estimate of drug-likeness (QED) is 0.845. The lowest BCUT2D eigenvalue weighted by Gasteiger charge is -2.39. The minimum absolute atomic E-state index is 0. The molecule has 4 nitrogen and oxygen atoms in total. The number of ether oxygens (including phenoxy) is 1. The van der Waals surface area contributed by atoms with Gasteiger partial charge in [0.25, 0.3) is 5.91 Å². The molecule has 2 fully saturated rings. The van der Waals surface area contributed by atoms with Gasteiger partial charge in [-0.1, -0.05) is 0 Å². The third kappa shape index (κ3) is 3.42. The third-order valence-electron chi connectivity index (χ3n) is 4.84. The number of rotatable bonds is 2. The van der Waals surface area contributed by atoms with Crippen molar-refractivity contribution in [3.8, 4) is 5.75 Å². The number of halogens is 2. The molecule has 2 saturated heterocycles. The van der Waals surface area contributed by atoms with Gasteiger partial charge in [-0.05, 0) is 65.4 Å². The van der Waals surface area contributed by atoms with Crippen LogP contribution in [0.4, 0.5) is 0 Å². The average Bonchev–Trinajstić information content (AvgIpc) is 2.95. The molecule has 122 valence electrons. The van der Waals surface area contributed by atoms with Crippen LogP contribution in [0.25, 0.3) is 0 Å². The van der Waals surface area contributed by atoms with Crippen LogP contribution in [0.15, 0.2) is 22.7 Å². The molecule has 1 amide bonds. The highest BCUT2D eigenvalue weighted by Crippen LogP contribution is 2.37. The number of likely N-dealkylation sites (tertiary alicyclic amines) is 1. The van der Waals surface area contributed by atoms with E-state index in [1.54, 1.807) is 7.11 Å². The van der Waals surface area contributed by atoms with E-state index in [1.165, 1.54) is 6.42 Å². The van der Waals surface area contributed by atoms with E-state index in [2.05, 4.69) is 21.2 Å². The highest BCUT2D eigenvalue weighted by molar-refractivity contribution is 9.10. The maximum absolute atomic E-state index is 12.6. The summed E-state index contributed by atoms with van der Waals surface area (Å²) < 4.78 is 6.03. The Balaban J connectivity index is 0.00000176. The zero-order valence-corrected chi connectivity index (χ0v) is 15.1. The van der Waals surface area contributed by atoms with Crippen molar-refractivity contribution in [3.63, 3.8) is 0 Å². The third-order valence-corrected chi connectivity index (χ3v) is 5.46. The highest BCUT2D eigenvalue weighted by Gasteiger charge is 2.38. The zero-order chi connectivity index (χ0) is 14.9. The van der Waals surface area contributed by atoms with E-state index in [1.807, 2.05) is 23.1 Å². The maximum Gasteiger partial charge on any atom is 0.253 e. The Bertz CT molecular complexity index is 537. The Morgan fingerprint density at radius 3 is 2.59 bits per heavy atom. The summed E-state index contributed by atoms with van der Waals surface area (Å²) in [5.74, 6) is 0.875. The number of hydrogen-bond acceptors (Lipinski definition) is 3. The lowest BCUT2D eigenvalue weighted by atomic mass is 9.78. The lowest BCUT2D eigenvalue weighted by Crippen LogP contribution is -2.44. The molecule has 22 heavy (non-hydrogen) atoms. The molecule has 0 unspecified atom stereocenters. The van der Waals surface area contributed by atoms with Crippen LogP contribution in [0, 0.1) is 5.41 Å². The number of nitrogens with zero attached hydrogens (tertiary/aromatic N) is 1. The van der Waals surface area contributed by atoms with Crippen LogP contribution in [-0.4, -0.2) is 44.1 Å². The fourth-order valence-electron chi connectivity index (χ4n) is 3.39. The van der Waals surface area contributed by atoms with Crippen molar-refractivity contribution in [1.29, 1.82) is 0 Å². The number of benzene rings is 1. The van der Waals surface area contributed by atoms with Gasteiger partial charge < -0.3 is 15.0 Å². The van der Waals surface area contributed by atoms with Crippen molar-refractivity contribution in [2.45, 2.75) is 19.3 Å². The predicted octanol–water partition coefficient (Wildman–Crippen LogP) is 3.10. The highest BCUT2D eigenvalue weighted by atomic mass is 79.9. The summed E-state index contributed by atoms with van der Waals surface area (Å²) in [4.78, 5) is 14.6. The molecule has 0 aliphatic carbocycles. The minimum atomic E-state index is 0. The first kappa shape index (κ1) is 17.6. The fraction of sp³-hybridized carbons (Fsp3) is 0.562. The summed E-state index contributed by atoms with van der Waals surface area (Å²) in [6, 6.07) is 5.53. The molecule has 2 heterocycles. The number of nitrogens with one attached hydrogen (secondary N) is 1. The number of carbonyl (C=O) groups excluding carboxylic acids is 1. The molecule has 1 aromatic carbocycles. The number of carbonyl (C=O) groups is 1. The molecule has 0 saturated carbocycles. The van der Waals surface area contributed by atoms with Crippen LogP contribution < -0.4 is 10.1 Å². The second-order valence-corrected chi connectivity index (χ2v) is 6.92. The number of amides is 1. The Hall–Kier alpha value is -0.780. The van der Waals surface area contributed by atoms with E-state index in [4.69, 9.17) is 4.74 Å². The molecule has 0 radical (unpaired) electrons. The molecule has 1 spiro atoms. The lowest BCUT2D eigenvalue weighted by molar-refractivity contribution is 0.0607. The van der Waals surface area contributed by atoms with Crippen LogP contribution in [0.5, 0.6) is 5.75 Å². The van der Waals surface area contributed by atoms with Gasteiger partial charge in [0.15, 0.2) is 0 Å². The normalized spacial score (nSPS) is 19.8. The maximum atomic E-state index is 12.6. The standard InChI is InChI=1S/C16H21BrN2O2.ClH/c1-21-14-3-2-12(10-13(14)17)15(20)19-8-5-16(6-9-19)4-7-18-11-16;/h2-3,10,18H,4-9,11H2,1H3;1H. The fourth-order valence-corrected chi connectivity index (χ4v) is 3.93. The first-order valence-corrected chi connectivity index (χ1v) is 8.26. The van der Waals surface area contributed by atoms with Crippen LogP contribution >= 0.6 is 28.3 Å². The van der Waals surface area contributed by atoms with Crippen molar-refractivity contribution in [2.75, 3.05) is 33.3 Å². The summed E-state index contributed by atoms with van der Waals surface area (Å²) >= 11 is 3.44. The van der Waals surface area contributed by atoms with Gasteiger partial charge in [-0.15, -0.1) is 12.4 Å². The summed E-state index contributed by atoms with van der Waals surface area (Å²) in [5, 5.41) is 3.46. The van der Waals surface area contributed by atoms with Gasteiger partial charge in [-0.25, -0.2) is 0 Å². The monoisotopic (exact) mass is 388 g/mol. The van der Waals surface area contributed by atoms with Crippen LogP contribution in [-0.2, 0) is 0 Å². The number of methoxy groups -OCH3 is 1. The molecule has 1 aromatic rings. The Kier molecular flexibility index (Phi) is 5.75. The van der Waals surface area contributed by atoms with Crippen LogP contribution in [0.1, 0.15) is 29.6 Å². The van der Waals surface area contributed by atoms with Gasteiger partial charge >= 0.3 is 0 Å². The molecule has 1 N–H and O–H groups in total. The molecular weight excluding hydrogens is 368 g/mol. The first-order chi connectivity index (χ1) is 10.1. The van der Waals surface area contributed by atoms with Gasteiger partial charge in [0, 0.05) is 25.2 Å². The second kappa shape index (κ2) is 7.20. The van der Waals surface area contributed by atoms with Crippen LogP contribution in [0.2, 0.25) is 0 Å². The van der Waals surface area contributed by atoms with Gasteiger partial charge in [-0.3, -0.25) is 4.79 Å². The van der Waals surface area contributed by atoms with Crippen LogP contribution in [0.3, 0.4) is 0 Å². The summed E-state index contributed by atoms with van der Waals surface area (Å²) in [6.45, 7) is 3.97. The van der Waals surface area contributed by atoms with Gasteiger partial charge in [-0.2, -0.15) is 0 Å². The smallest absolute Gasteiger partial charge is 0.253 e. The average molecular weight is 390 g/mol. The molecule has 2 aliphatic rings. The van der Waals surface area contributed by atoms with Crippen molar-refractivity contribution < 1.29 is 9.53 Å². The summed E-state index contributed by atoms with van der Waals surface area (Å²) in [6.07, 6.45) is 3.48. The summed E-state index contributed by atoms with van der Waals surface area (Å²) in [7, 11) is 1.63. The predicted molar refractivity (Wildman–Crippen MR) is 93.0 cm³/mol. The second-order valence-electron chi connectivity index (χ2n) is 6.07. The number of hydrogen-bond donors (Lipinski definition) is 1. The minimum Gasteiger partial charge on any atom is -0.496 e. The molecule has 2 aliphatic heterocycles. The van der Waals surface area contributed by atoms with Gasteiger partial charge in [0.1, 0.15) is 5.75 Å². The van der Waals surface area contributed by atoms with Crippen molar-refractivity contribution in [1.82, 2.24) is 10.2 Å². The van der Waals surface area contributed by atoms with E-state index >= 15 is 0 Å². The molecule has 0 bridgehead atoms. The zero-order valence-electron chi connectivity index (χ0n) is 12.7.